The highest BCUT2D eigenvalue weighted by molar-refractivity contribution is 5.79. The number of aliphatic hydroxyl groups excluding tert-OH is 1. The van der Waals surface area contributed by atoms with E-state index in [0.717, 1.165) is 5.56 Å². The second-order valence-electron chi connectivity index (χ2n) is 5.09. The van der Waals surface area contributed by atoms with Crippen LogP contribution in [0.3, 0.4) is 0 Å². The Hall–Kier alpha value is -2.53. The minimum Gasteiger partial charge on any atom is -0.497 e. The fraction of sp³-hybridized carbons (Fsp3) is 0.278. The van der Waals surface area contributed by atoms with Crippen molar-refractivity contribution in [2.45, 2.75) is 12.5 Å². The third kappa shape index (κ3) is 4.72. The zero-order chi connectivity index (χ0) is 16.7. The number of rotatable bonds is 7. The van der Waals surface area contributed by atoms with Gasteiger partial charge in [-0.3, -0.25) is 4.79 Å². The first kappa shape index (κ1) is 16.8. The zero-order valence-corrected chi connectivity index (χ0v) is 13.3. The Bertz CT molecular complexity index is 657. The quantitative estimate of drug-likeness (QED) is 0.821. The van der Waals surface area contributed by atoms with Crippen LogP contribution in [0.2, 0.25) is 0 Å². The number of benzene rings is 2. The summed E-state index contributed by atoms with van der Waals surface area (Å²) in [4.78, 5) is 12.0. The first-order valence-electron chi connectivity index (χ1n) is 7.34. The molecule has 122 valence electrons. The third-order valence-corrected chi connectivity index (χ3v) is 3.51. The molecular weight excluding hydrogens is 294 g/mol. The molecule has 0 heterocycles. The van der Waals surface area contributed by atoms with Crippen molar-refractivity contribution in [2.75, 3.05) is 20.8 Å². The number of ether oxygens (including phenoxy) is 2. The molecule has 0 fully saturated rings. The van der Waals surface area contributed by atoms with Crippen molar-refractivity contribution >= 4 is 5.91 Å². The number of carbonyl (C=O) groups excluding carboxylic acids is 1. The smallest absolute Gasteiger partial charge is 0.224 e. The second kappa shape index (κ2) is 8.19. The molecule has 5 nitrogen and oxygen atoms in total. The van der Waals surface area contributed by atoms with E-state index < -0.39 is 6.10 Å². The Kier molecular flexibility index (Phi) is 6.00. The number of methoxy groups -OCH3 is 2. The molecule has 0 aliphatic heterocycles. The average molecular weight is 315 g/mol. The summed E-state index contributed by atoms with van der Waals surface area (Å²) in [6, 6.07) is 14.5. The highest BCUT2D eigenvalue weighted by atomic mass is 16.5. The molecule has 5 heteroatoms. The number of nitrogens with one attached hydrogen (secondary N) is 1. The van der Waals surface area contributed by atoms with Crippen LogP contribution in [-0.4, -0.2) is 31.8 Å². The molecule has 0 spiro atoms. The molecule has 1 unspecified atom stereocenters. The Morgan fingerprint density at radius 1 is 1.13 bits per heavy atom. The highest BCUT2D eigenvalue weighted by Crippen LogP contribution is 2.19. The summed E-state index contributed by atoms with van der Waals surface area (Å²) in [6.07, 6.45) is -0.582. The summed E-state index contributed by atoms with van der Waals surface area (Å²) >= 11 is 0. The van der Waals surface area contributed by atoms with Gasteiger partial charge >= 0.3 is 0 Å². The molecule has 0 bridgehead atoms. The van der Waals surface area contributed by atoms with E-state index in [1.54, 1.807) is 38.5 Å². The normalized spacial score (nSPS) is 11.6. The average Bonchev–Trinajstić information content (AvgIpc) is 2.60. The largest absolute Gasteiger partial charge is 0.497 e. The summed E-state index contributed by atoms with van der Waals surface area (Å²) in [5, 5.41) is 12.9. The van der Waals surface area contributed by atoms with Crippen LogP contribution in [0.15, 0.2) is 48.5 Å². The lowest BCUT2D eigenvalue weighted by Gasteiger charge is -2.14. The van der Waals surface area contributed by atoms with Gasteiger partial charge in [0.2, 0.25) is 5.91 Å². The lowest BCUT2D eigenvalue weighted by molar-refractivity contribution is -0.120. The summed E-state index contributed by atoms with van der Waals surface area (Å²) in [5.41, 5.74) is 1.50. The summed E-state index contributed by atoms with van der Waals surface area (Å²) < 4.78 is 10.3. The highest BCUT2D eigenvalue weighted by Gasteiger charge is 2.12. The molecule has 0 aliphatic rings. The van der Waals surface area contributed by atoms with E-state index in [0.29, 0.717) is 17.1 Å². The minimum atomic E-state index is -0.785. The lowest BCUT2D eigenvalue weighted by atomic mass is 10.1. The van der Waals surface area contributed by atoms with Crippen LogP contribution >= 0.6 is 0 Å². The minimum absolute atomic E-state index is 0.140. The van der Waals surface area contributed by atoms with Crippen LogP contribution in [0.1, 0.15) is 17.2 Å². The first-order valence-corrected chi connectivity index (χ1v) is 7.34. The molecule has 0 aliphatic carbocycles. The second-order valence-corrected chi connectivity index (χ2v) is 5.09. The van der Waals surface area contributed by atoms with Crippen molar-refractivity contribution in [3.63, 3.8) is 0 Å². The molecule has 2 N–H and O–H groups in total. The maximum Gasteiger partial charge on any atom is 0.224 e. The van der Waals surface area contributed by atoms with Gasteiger partial charge in [0.25, 0.3) is 0 Å². The topological polar surface area (TPSA) is 67.8 Å². The monoisotopic (exact) mass is 315 g/mol. The van der Waals surface area contributed by atoms with Gasteiger partial charge in [-0.15, -0.1) is 0 Å². The van der Waals surface area contributed by atoms with Crippen LogP contribution in [-0.2, 0) is 11.2 Å². The summed E-state index contributed by atoms with van der Waals surface area (Å²) in [5.74, 6) is 1.18. The van der Waals surface area contributed by atoms with Crippen LogP contribution in [0, 0.1) is 0 Å². The number of aliphatic hydroxyl groups is 1. The fourth-order valence-electron chi connectivity index (χ4n) is 2.26. The van der Waals surface area contributed by atoms with Crippen LogP contribution in [0.4, 0.5) is 0 Å². The Morgan fingerprint density at radius 3 is 2.65 bits per heavy atom. The Morgan fingerprint density at radius 2 is 1.91 bits per heavy atom. The van der Waals surface area contributed by atoms with E-state index in [4.69, 9.17) is 9.47 Å². The molecule has 0 saturated carbocycles. The molecule has 0 saturated heterocycles. The van der Waals surface area contributed by atoms with Gasteiger partial charge in [0.15, 0.2) is 0 Å². The third-order valence-electron chi connectivity index (χ3n) is 3.51. The molecule has 1 atom stereocenters. The van der Waals surface area contributed by atoms with Gasteiger partial charge in [0.1, 0.15) is 11.5 Å². The number of carbonyl (C=O) groups is 1. The van der Waals surface area contributed by atoms with Crippen molar-refractivity contribution in [2.24, 2.45) is 0 Å². The number of para-hydroxylation sites is 1. The summed E-state index contributed by atoms with van der Waals surface area (Å²) in [7, 11) is 3.14. The molecular formula is C18H21NO4. The Labute approximate surface area is 135 Å². The van der Waals surface area contributed by atoms with E-state index >= 15 is 0 Å². The number of hydrogen-bond donors (Lipinski definition) is 2. The van der Waals surface area contributed by atoms with Crippen LogP contribution in [0.5, 0.6) is 11.5 Å². The van der Waals surface area contributed by atoms with Gasteiger partial charge in [-0.1, -0.05) is 30.3 Å². The molecule has 2 aromatic rings. The van der Waals surface area contributed by atoms with E-state index in [1.807, 2.05) is 24.3 Å². The molecule has 1 amide bonds. The standard InChI is InChI=1S/C18H21NO4/c1-22-15-8-5-7-13(10-15)16(20)12-19-18(21)11-14-6-3-4-9-17(14)23-2/h3-10,16,20H,11-12H2,1-2H3,(H,19,21). The van der Waals surface area contributed by atoms with Crippen LogP contribution in [0.25, 0.3) is 0 Å². The fourth-order valence-corrected chi connectivity index (χ4v) is 2.26. The molecule has 23 heavy (non-hydrogen) atoms. The van der Waals surface area contributed by atoms with Gasteiger partial charge in [0, 0.05) is 12.1 Å². The number of amides is 1. The van der Waals surface area contributed by atoms with Crippen LogP contribution < -0.4 is 14.8 Å². The lowest BCUT2D eigenvalue weighted by Crippen LogP contribution is -2.29. The van der Waals surface area contributed by atoms with Crippen molar-refractivity contribution in [3.05, 3.63) is 59.7 Å². The van der Waals surface area contributed by atoms with E-state index in [-0.39, 0.29) is 18.9 Å². The van der Waals surface area contributed by atoms with Crippen molar-refractivity contribution < 1.29 is 19.4 Å². The predicted octanol–water partition coefficient (Wildman–Crippen LogP) is 2.10. The van der Waals surface area contributed by atoms with Crippen molar-refractivity contribution in [1.29, 1.82) is 0 Å². The van der Waals surface area contributed by atoms with Gasteiger partial charge in [-0.05, 0) is 23.8 Å². The van der Waals surface area contributed by atoms with E-state index in [2.05, 4.69) is 5.32 Å². The van der Waals surface area contributed by atoms with E-state index in [1.165, 1.54) is 0 Å². The van der Waals surface area contributed by atoms with Gasteiger partial charge in [-0.25, -0.2) is 0 Å². The van der Waals surface area contributed by atoms with Crippen molar-refractivity contribution in [1.82, 2.24) is 5.32 Å². The van der Waals surface area contributed by atoms with Gasteiger partial charge in [0.05, 0.1) is 26.7 Å². The summed E-state index contributed by atoms with van der Waals surface area (Å²) in [6.45, 7) is 0.140. The maximum atomic E-state index is 12.0. The molecule has 0 aromatic heterocycles. The van der Waals surface area contributed by atoms with Gasteiger partial charge < -0.3 is 19.9 Å². The SMILES string of the molecule is COc1cccc(C(O)CNC(=O)Cc2ccccc2OC)c1. The predicted molar refractivity (Wildman–Crippen MR) is 87.7 cm³/mol. The van der Waals surface area contributed by atoms with Gasteiger partial charge in [-0.2, -0.15) is 0 Å². The van der Waals surface area contributed by atoms with Crippen molar-refractivity contribution in [3.8, 4) is 11.5 Å². The number of hydrogen-bond acceptors (Lipinski definition) is 4. The maximum absolute atomic E-state index is 12.0. The Balaban J connectivity index is 1.90. The molecule has 2 aromatic carbocycles. The van der Waals surface area contributed by atoms with E-state index in [9.17, 15) is 9.90 Å². The first-order chi connectivity index (χ1) is 11.1. The zero-order valence-electron chi connectivity index (χ0n) is 13.3. The molecule has 0 radical (unpaired) electrons. The molecule has 2 rings (SSSR count).